The minimum absolute atomic E-state index is 0.0934. The van der Waals surface area contributed by atoms with Crippen LogP contribution in [0.3, 0.4) is 0 Å². The molecule has 0 heterocycles. The number of aryl methyl sites for hydroxylation is 3. The molecule has 1 aliphatic rings. The highest BCUT2D eigenvalue weighted by Gasteiger charge is 2.42. The molecule has 19 heavy (non-hydrogen) atoms. The molecule has 3 heteroatoms. The lowest BCUT2D eigenvalue weighted by Crippen LogP contribution is -2.01. The van der Waals surface area contributed by atoms with Gasteiger partial charge < -0.3 is 9.84 Å². The monoisotopic (exact) mass is 262 g/mol. The van der Waals surface area contributed by atoms with Crippen molar-refractivity contribution < 1.29 is 14.6 Å². The average molecular weight is 262 g/mol. The van der Waals surface area contributed by atoms with E-state index in [-0.39, 0.29) is 5.92 Å². The van der Waals surface area contributed by atoms with E-state index in [2.05, 4.69) is 26.0 Å². The van der Waals surface area contributed by atoms with Gasteiger partial charge in [-0.05, 0) is 68.7 Å². The van der Waals surface area contributed by atoms with Crippen LogP contribution in [-0.4, -0.2) is 17.7 Å². The van der Waals surface area contributed by atoms with Crippen molar-refractivity contribution in [2.45, 2.75) is 40.0 Å². The first-order valence-electron chi connectivity index (χ1n) is 6.98. The molecule has 0 aromatic heterocycles. The number of aliphatic carboxylic acids is 1. The Labute approximate surface area is 114 Å². The van der Waals surface area contributed by atoms with E-state index in [0.717, 1.165) is 30.6 Å². The predicted molar refractivity (Wildman–Crippen MR) is 74.6 cm³/mol. The molecule has 0 radical (unpaired) electrons. The summed E-state index contributed by atoms with van der Waals surface area (Å²) in [5.41, 5.74) is 3.71. The number of benzene rings is 1. The second kappa shape index (κ2) is 5.64. The van der Waals surface area contributed by atoms with Gasteiger partial charge in [-0.2, -0.15) is 0 Å². The fourth-order valence-corrected chi connectivity index (χ4v) is 2.64. The zero-order valence-electron chi connectivity index (χ0n) is 11.9. The largest absolute Gasteiger partial charge is 0.494 e. The lowest BCUT2D eigenvalue weighted by Gasteiger charge is -2.12. The number of rotatable bonds is 6. The number of carboxylic acids is 1. The molecule has 1 aliphatic carbocycles. The maximum Gasteiger partial charge on any atom is 0.306 e. The molecule has 0 aliphatic heterocycles. The second-order valence-corrected chi connectivity index (χ2v) is 5.46. The average Bonchev–Trinajstić information content (AvgIpc) is 3.11. The summed E-state index contributed by atoms with van der Waals surface area (Å²) in [4.78, 5) is 10.8. The third-order valence-electron chi connectivity index (χ3n) is 3.96. The molecule has 2 unspecified atom stereocenters. The maximum absolute atomic E-state index is 10.8. The summed E-state index contributed by atoms with van der Waals surface area (Å²) in [6, 6.07) is 4.27. The molecule has 0 amide bonds. The van der Waals surface area contributed by atoms with E-state index >= 15 is 0 Å². The molecule has 3 nitrogen and oxygen atoms in total. The van der Waals surface area contributed by atoms with Gasteiger partial charge in [-0.1, -0.05) is 6.07 Å². The molecule has 1 N–H and O–H groups in total. The molecule has 0 saturated heterocycles. The van der Waals surface area contributed by atoms with Crippen molar-refractivity contribution in [2.24, 2.45) is 11.8 Å². The Hall–Kier alpha value is -1.51. The number of hydrogen-bond donors (Lipinski definition) is 1. The quantitative estimate of drug-likeness (QED) is 0.855. The van der Waals surface area contributed by atoms with Crippen LogP contribution in [-0.2, 0) is 11.2 Å². The van der Waals surface area contributed by atoms with Crippen molar-refractivity contribution in [1.82, 2.24) is 0 Å². The summed E-state index contributed by atoms with van der Waals surface area (Å²) >= 11 is 0. The molecule has 1 aromatic carbocycles. The summed E-state index contributed by atoms with van der Waals surface area (Å²) in [5, 5.41) is 8.90. The van der Waals surface area contributed by atoms with E-state index < -0.39 is 5.97 Å². The highest BCUT2D eigenvalue weighted by atomic mass is 16.5. The van der Waals surface area contributed by atoms with Crippen molar-refractivity contribution in [3.63, 3.8) is 0 Å². The molecule has 2 atom stereocenters. The van der Waals surface area contributed by atoms with E-state index in [9.17, 15) is 4.79 Å². The van der Waals surface area contributed by atoms with Crippen LogP contribution in [0, 0.1) is 25.7 Å². The van der Waals surface area contributed by atoms with Gasteiger partial charge in [0.15, 0.2) is 0 Å². The van der Waals surface area contributed by atoms with Gasteiger partial charge in [0.2, 0.25) is 0 Å². The fourth-order valence-electron chi connectivity index (χ4n) is 2.64. The molecule has 1 saturated carbocycles. The minimum atomic E-state index is -0.635. The first-order valence-corrected chi connectivity index (χ1v) is 6.98. The van der Waals surface area contributed by atoms with Crippen molar-refractivity contribution in [3.8, 4) is 5.75 Å². The fraction of sp³-hybridized carbons (Fsp3) is 0.562. The first kappa shape index (κ1) is 13.9. The summed E-state index contributed by atoms with van der Waals surface area (Å²) in [5.74, 6) is 0.607. The number of carbonyl (C=O) groups is 1. The minimum Gasteiger partial charge on any atom is -0.494 e. The lowest BCUT2D eigenvalue weighted by atomic mass is 9.99. The van der Waals surface area contributed by atoms with Gasteiger partial charge in [-0.3, -0.25) is 4.79 Å². The Bertz CT molecular complexity index is 479. The van der Waals surface area contributed by atoms with E-state index in [4.69, 9.17) is 9.84 Å². The van der Waals surface area contributed by atoms with Crippen molar-refractivity contribution >= 4 is 5.97 Å². The van der Waals surface area contributed by atoms with Crippen LogP contribution in [0.15, 0.2) is 12.1 Å². The van der Waals surface area contributed by atoms with Crippen LogP contribution in [0.5, 0.6) is 5.75 Å². The van der Waals surface area contributed by atoms with E-state index in [1.54, 1.807) is 0 Å². The zero-order chi connectivity index (χ0) is 14.0. The van der Waals surface area contributed by atoms with E-state index in [1.807, 2.05) is 6.92 Å². The molecule has 1 aromatic rings. The highest BCUT2D eigenvalue weighted by Crippen LogP contribution is 2.42. The lowest BCUT2D eigenvalue weighted by molar-refractivity contribution is -0.138. The summed E-state index contributed by atoms with van der Waals surface area (Å²) < 4.78 is 5.58. The topological polar surface area (TPSA) is 46.5 Å². The van der Waals surface area contributed by atoms with Crippen LogP contribution in [0.25, 0.3) is 0 Å². The zero-order valence-corrected chi connectivity index (χ0v) is 11.9. The maximum atomic E-state index is 10.8. The highest BCUT2D eigenvalue weighted by molar-refractivity contribution is 5.73. The molecule has 0 spiro atoms. The standard InChI is InChI=1S/C16H22O3/c1-4-19-15-8-10(2)12(7-11(15)3)5-6-13-9-14(13)16(17)18/h7-8,13-14H,4-6,9H2,1-3H3,(H,17,18). The van der Waals surface area contributed by atoms with Gasteiger partial charge in [-0.15, -0.1) is 0 Å². The van der Waals surface area contributed by atoms with Crippen LogP contribution in [0.4, 0.5) is 0 Å². The molecule has 1 fully saturated rings. The van der Waals surface area contributed by atoms with Crippen LogP contribution < -0.4 is 4.74 Å². The van der Waals surface area contributed by atoms with Gasteiger partial charge in [0.25, 0.3) is 0 Å². The Kier molecular flexibility index (Phi) is 4.13. The smallest absolute Gasteiger partial charge is 0.306 e. The third kappa shape index (κ3) is 3.28. The van der Waals surface area contributed by atoms with Crippen LogP contribution in [0.1, 0.15) is 36.5 Å². The molecular formula is C16H22O3. The van der Waals surface area contributed by atoms with Crippen molar-refractivity contribution in [2.75, 3.05) is 6.61 Å². The molecule has 104 valence electrons. The normalized spacial score (nSPS) is 21.2. The van der Waals surface area contributed by atoms with Crippen molar-refractivity contribution in [1.29, 1.82) is 0 Å². The van der Waals surface area contributed by atoms with Gasteiger partial charge in [0.1, 0.15) is 5.75 Å². The van der Waals surface area contributed by atoms with E-state index in [0.29, 0.717) is 12.5 Å². The predicted octanol–water partition coefficient (Wildman–Crippen LogP) is 3.36. The van der Waals surface area contributed by atoms with Crippen LogP contribution in [0.2, 0.25) is 0 Å². The van der Waals surface area contributed by atoms with Crippen molar-refractivity contribution in [3.05, 3.63) is 28.8 Å². The summed E-state index contributed by atoms with van der Waals surface area (Å²) in [6.45, 7) is 6.83. The number of carboxylic acid groups (broad SMARTS) is 1. The second-order valence-electron chi connectivity index (χ2n) is 5.46. The Morgan fingerprint density at radius 1 is 1.37 bits per heavy atom. The SMILES string of the molecule is CCOc1cc(C)c(CCC2CC2C(=O)O)cc1C. The number of hydrogen-bond acceptors (Lipinski definition) is 2. The van der Waals surface area contributed by atoms with Gasteiger partial charge in [0.05, 0.1) is 12.5 Å². The summed E-state index contributed by atoms with van der Waals surface area (Å²) in [7, 11) is 0. The third-order valence-corrected chi connectivity index (χ3v) is 3.96. The number of ether oxygens (including phenoxy) is 1. The Balaban J connectivity index is 1.97. The molecule has 2 rings (SSSR count). The van der Waals surface area contributed by atoms with E-state index in [1.165, 1.54) is 11.1 Å². The summed E-state index contributed by atoms with van der Waals surface area (Å²) in [6.07, 6.45) is 2.79. The first-order chi connectivity index (χ1) is 9.02. The Morgan fingerprint density at radius 2 is 2.11 bits per heavy atom. The Morgan fingerprint density at radius 3 is 2.68 bits per heavy atom. The van der Waals surface area contributed by atoms with Gasteiger partial charge >= 0.3 is 5.97 Å². The van der Waals surface area contributed by atoms with Gasteiger partial charge in [-0.25, -0.2) is 0 Å². The van der Waals surface area contributed by atoms with Gasteiger partial charge in [0, 0.05) is 0 Å². The molecule has 0 bridgehead atoms. The van der Waals surface area contributed by atoms with Crippen LogP contribution >= 0.6 is 0 Å². The molecular weight excluding hydrogens is 240 g/mol.